The Balaban J connectivity index is 2.08. The molecule has 3 N–H and O–H groups in total. The van der Waals surface area contributed by atoms with E-state index in [9.17, 15) is 14.0 Å². The average molecular weight is 288 g/mol. The summed E-state index contributed by atoms with van der Waals surface area (Å²) in [5.41, 5.74) is 4.51. The molecule has 1 aromatic rings. The van der Waals surface area contributed by atoms with E-state index in [4.69, 9.17) is 10.8 Å². The number of anilines is 1. The van der Waals surface area contributed by atoms with Crippen molar-refractivity contribution < 1.29 is 14.3 Å². The van der Waals surface area contributed by atoms with Gasteiger partial charge in [0, 0.05) is 19.3 Å². The van der Waals surface area contributed by atoms with Crippen LogP contribution in [0.1, 0.15) is 0 Å². The molecule has 7 nitrogen and oxygen atoms in total. The second-order valence-corrected chi connectivity index (χ2v) is 5.15. The molecular formula is C10H13FN4O3S. The molecule has 0 spiro atoms. The zero-order chi connectivity index (χ0) is 14.0. The van der Waals surface area contributed by atoms with Crippen molar-refractivity contribution in [1.29, 1.82) is 0 Å². The Morgan fingerprint density at radius 1 is 1.53 bits per heavy atom. The molecule has 2 heterocycles. The standard InChI is InChI=1S/C10H13FN4O3S/c11-6-3-14(10(18)13-9(6)12)1-2-15-7(17)5-19-8(15)4-16/h3,8,16H,1-2,4-5H2,(H2,12,13,18). The number of aromatic nitrogens is 2. The van der Waals surface area contributed by atoms with Crippen molar-refractivity contribution in [3.05, 3.63) is 22.5 Å². The fourth-order valence-corrected chi connectivity index (χ4v) is 2.78. The van der Waals surface area contributed by atoms with Crippen LogP contribution in [0.5, 0.6) is 0 Å². The smallest absolute Gasteiger partial charge is 0.349 e. The number of amides is 1. The van der Waals surface area contributed by atoms with Crippen molar-refractivity contribution in [1.82, 2.24) is 14.5 Å². The Labute approximate surface area is 112 Å². The number of carbonyl (C=O) groups is 1. The van der Waals surface area contributed by atoms with E-state index >= 15 is 0 Å². The van der Waals surface area contributed by atoms with E-state index in [0.29, 0.717) is 5.75 Å². The number of hydrogen-bond donors (Lipinski definition) is 2. The van der Waals surface area contributed by atoms with Crippen LogP contribution >= 0.6 is 11.8 Å². The summed E-state index contributed by atoms with van der Waals surface area (Å²) in [6, 6.07) is 0. The largest absolute Gasteiger partial charge is 0.393 e. The highest BCUT2D eigenvalue weighted by molar-refractivity contribution is 8.01. The molecule has 1 fully saturated rings. The normalized spacial score (nSPS) is 19.2. The van der Waals surface area contributed by atoms with Gasteiger partial charge in [0.25, 0.3) is 0 Å². The zero-order valence-electron chi connectivity index (χ0n) is 9.95. The Kier molecular flexibility index (Phi) is 4.05. The molecule has 19 heavy (non-hydrogen) atoms. The van der Waals surface area contributed by atoms with Gasteiger partial charge in [-0.1, -0.05) is 0 Å². The molecule has 1 aliphatic heterocycles. The first-order chi connectivity index (χ1) is 9.02. The second-order valence-electron chi connectivity index (χ2n) is 3.99. The van der Waals surface area contributed by atoms with Crippen molar-refractivity contribution in [2.45, 2.75) is 11.9 Å². The van der Waals surface area contributed by atoms with Crippen molar-refractivity contribution in [3.8, 4) is 0 Å². The number of thioether (sulfide) groups is 1. The van der Waals surface area contributed by atoms with Gasteiger partial charge in [-0.05, 0) is 0 Å². The first-order valence-electron chi connectivity index (χ1n) is 5.57. The van der Waals surface area contributed by atoms with Gasteiger partial charge in [0.2, 0.25) is 5.91 Å². The van der Waals surface area contributed by atoms with Gasteiger partial charge >= 0.3 is 5.69 Å². The third kappa shape index (κ3) is 2.87. The van der Waals surface area contributed by atoms with E-state index in [1.165, 1.54) is 16.7 Å². The number of nitrogens with two attached hydrogens (primary N) is 1. The summed E-state index contributed by atoms with van der Waals surface area (Å²) in [4.78, 5) is 27.8. The van der Waals surface area contributed by atoms with E-state index in [1.54, 1.807) is 0 Å². The molecule has 0 radical (unpaired) electrons. The lowest BCUT2D eigenvalue weighted by Gasteiger charge is -2.22. The second kappa shape index (κ2) is 5.57. The van der Waals surface area contributed by atoms with E-state index in [-0.39, 0.29) is 31.0 Å². The lowest BCUT2D eigenvalue weighted by molar-refractivity contribution is -0.128. The Morgan fingerprint density at radius 2 is 2.26 bits per heavy atom. The molecule has 104 valence electrons. The molecule has 1 atom stereocenters. The molecule has 2 rings (SSSR count). The highest BCUT2D eigenvalue weighted by Gasteiger charge is 2.30. The molecule has 9 heteroatoms. The third-order valence-electron chi connectivity index (χ3n) is 2.78. The van der Waals surface area contributed by atoms with Crippen molar-refractivity contribution in [2.24, 2.45) is 0 Å². The predicted octanol–water partition coefficient (Wildman–Crippen LogP) is -1.14. The number of hydrogen-bond acceptors (Lipinski definition) is 6. The van der Waals surface area contributed by atoms with Crippen LogP contribution < -0.4 is 11.4 Å². The van der Waals surface area contributed by atoms with Crippen LogP contribution in [0.25, 0.3) is 0 Å². The summed E-state index contributed by atoms with van der Waals surface area (Å²) in [6.07, 6.45) is 0.965. The maximum Gasteiger partial charge on any atom is 0.349 e. The summed E-state index contributed by atoms with van der Waals surface area (Å²) < 4.78 is 14.3. The summed E-state index contributed by atoms with van der Waals surface area (Å²) in [7, 11) is 0. The van der Waals surface area contributed by atoms with Crippen LogP contribution in [0.4, 0.5) is 10.2 Å². The number of aliphatic hydroxyl groups excluding tert-OH is 1. The molecule has 0 bridgehead atoms. The van der Waals surface area contributed by atoms with Crippen LogP contribution in [-0.2, 0) is 11.3 Å². The first kappa shape index (κ1) is 13.8. The number of nitrogens with zero attached hydrogens (tertiary/aromatic N) is 3. The molecule has 0 aromatic carbocycles. The topological polar surface area (TPSA) is 101 Å². The lowest BCUT2D eigenvalue weighted by Crippen LogP contribution is -2.39. The summed E-state index contributed by atoms with van der Waals surface area (Å²) >= 11 is 1.33. The van der Waals surface area contributed by atoms with Crippen LogP contribution in [0.3, 0.4) is 0 Å². The van der Waals surface area contributed by atoms with Crippen molar-refractivity contribution in [3.63, 3.8) is 0 Å². The van der Waals surface area contributed by atoms with Crippen LogP contribution in [0, 0.1) is 5.82 Å². The van der Waals surface area contributed by atoms with Crippen LogP contribution in [0.2, 0.25) is 0 Å². The van der Waals surface area contributed by atoms with Gasteiger partial charge in [-0.25, -0.2) is 9.18 Å². The molecular weight excluding hydrogens is 275 g/mol. The van der Waals surface area contributed by atoms with Gasteiger partial charge in [0.1, 0.15) is 5.37 Å². The van der Waals surface area contributed by atoms with Crippen molar-refractivity contribution >= 4 is 23.5 Å². The predicted molar refractivity (Wildman–Crippen MR) is 67.9 cm³/mol. The number of halogens is 1. The Bertz CT molecular complexity index is 550. The molecule has 1 aromatic heterocycles. The fourth-order valence-electron chi connectivity index (χ4n) is 1.78. The molecule has 1 aliphatic rings. The minimum atomic E-state index is -0.777. The molecule has 1 unspecified atom stereocenters. The molecule has 0 saturated carbocycles. The number of carbonyl (C=O) groups excluding carboxylic acids is 1. The van der Waals surface area contributed by atoms with Gasteiger partial charge < -0.3 is 15.7 Å². The fraction of sp³-hybridized carbons (Fsp3) is 0.500. The summed E-state index contributed by atoms with van der Waals surface area (Å²) in [5, 5.41) is 8.80. The Morgan fingerprint density at radius 3 is 2.95 bits per heavy atom. The highest BCUT2D eigenvalue weighted by atomic mass is 32.2. The molecule has 1 amide bonds. The first-order valence-corrected chi connectivity index (χ1v) is 6.62. The number of rotatable bonds is 4. The zero-order valence-corrected chi connectivity index (χ0v) is 10.8. The maximum atomic E-state index is 13.2. The SMILES string of the molecule is Nc1nc(=O)n(CCN2C(=O)CSC2CO)cc1F. The van der Waals surface area contributed by atoms with Gasteiger partial charge in [0.15, 0.2) is 11.6 Å². The van der Waals surface area contributed by atoms with E-state index < -0.39 is 17.3 Å². The van der Waals surface area contributed by atoms with Gasteiger partial charge in [-0.3, -0.25) is 9.36 Å². The van der Waals surface area contributed by atoms with Gasteiger partial charge in [-0.15, -0.1) is 11.8 Å². The summed E-state index contributed by atoms with van der Waals surface area (Å²) in [5.74, 6) is -1.03. The van der Waals surface area contributed by atoms with Gasteiger partial charge in [-0.2, -0.15) is 4.98 Å². The minimum Gasteiger partial charge on any atom is -0.393 e. The van der Waals surface area contributed by atoms with Crippen LogP contribution in [0.15, 0.2) is 11.0 Å². The number of nitrogen functional groups attached to an aromatic ring is 1. The maximum absolute atomic E-state index is 13.2. The van der Waals surface area contributed by atoms with E-state index in [1.807, 2.05) is 0 Å². The van der Waals surface area contributed by atoms with E-state index in [0.717, 1.165) is 10.8 Å². The van der Waals surface area contributed by atoms with Gasteiger partial charge in [0.05, 0.1) is 12.4 Å². The van der Waals surface area contributed by atoms with E-state index in [2.05, 4.69) is 4.98 Å². The Hall–Kier alpha value is -1.61. The van der Waals surface area contributed by atoms with Crippen molar-refractivity contribution in [2.75, 3.05) is 24.6 Å². The minimum absolute atomic E-state index is 0.103. The average Bonchev–Trinajstić information content (AvgIpc) is 2.73. The lowest BCUT2D eigenvalue weighted by atomic mass is 10.4. The number of aliphatic hydroxyl groups is 1. The summed E-state index contributed by atoms with van der Waals surface area (Å²) in [6.45, 7) is 0.160. The monoisotopic (exact) mass is 288 g/mol. The quantitative estimate of drug-likeness (QED) is 0.726. The molecule has 0 aliphatic carbocycles. The third-order valence-corrected chi connectivity index (χ3v) is 3.98. The van der Waals surface area contributed by atoms with Crippen LogP contribution in [-0.4, -0.2) is 49.7 Å². The molecule has 1 saturated heterocycles. The highest BCUT2D eigenvalue weighted by Crippen LogP contribution is 2.23.